The van der Waals surface area contributed by atoms with Crippen molar-refractivity contribution >= 4 is 27.5 Å². The molecule has 21 heavy (non-hydrogen) atoms. The first-order valence-electron chi connectivity index (χ1n) is 7.00. The Hall–Kier alpha value is -1.61. The van der Waals surface area contributed by atoms with E-state index in [1.807, 2.05) is 57.2 Å². The van der Waals surface area contributed by atoms with E-state index in [0.29, 0.717) is 0 Å². The fraction of sp³-hybridized carbons (Fsp3) is 0.278. The molecule has 0 aliphatic carbocycles. The van der Waals surface area contributed by atoms with E-state index in [1.165, 1.54) is 5.56 Å². The molecule has 0 heterocycles. The van der Waals surface area contributed by atoms with Gasteiger partial charge in [0.2, 0.25) is 5.91 Å². The minimum atomic E-state index is -0.457. The maximum Gasteiger partial charge on any atom is 0.230 e. The predicted molar refractivity (Wildman–Crippen MR) is 91.4 cm³/mol. The summed E-state index contributed by atoms with van der Waals surface area (Å²) in [6.07, 6.45) is 0.718. The number of aryl methyl sites for hydroxylation is 1. The number of carbonyl (C=O) groups excluding carboxylic acids is 1. The third-order valence-corrected chi connectivity index (χ3v) is 4.03. The number of anilines is 1. The molecule has 2 aromatic rings. The van der Waals surface area contributed by atoms with E-state index in [-0.39, 0.29) is 5.91 Å². The van der Waals surface area contributed by atoms with Crippen LogP contribution in [0.4, 0.5) is 5.69 Å². The minimum absolute atomic E-state index is 0.0387. The van der Waals surface area contributed by atoms with Gasteiger partial charge in [-0.05, 0) is 42.7 Å². The highest BCUT2D eigenvalue weighted by atomic mass is 79.9. The number of rotatable bonds is 4. The number of halogens is 1. The Labute approximate surface area is 134 Å². The molecule has 3 heteroatoms. The first-order chi connectivity index (χ1) is 9.88. The van der Waals surface area contributed by atoms with Crippen LogP contribution < -0.4 is 5.32 Å². The molecule has 0 saturated carbocycles. The van der Waals surface area contributed by atoms with E-state index in [1.54, 1.807) is 0 Å². The van der Waals surface area contributed by atoms with Gasteiger partial charge in [-0.1, -0.05) is 60.1 Å². The molecule has 0 aliphatic rings. The molecule has 2 aromatic carbocycles. The summed E-state index contributed by atoms with van der Waals surface area (Å²) in [7, 11) is 0. The fourth-order valence-corrected chi connectivity index (χ4v) is 2.72. The van der Waals surface area contributed by atoms with Crippen LogP contribution in [0.15, 0.2) is 53.0 Å². The van der Waals surface area contributed by atoms with E-state index < -0.39 is 5.41 Å². The molecule has 1 amide bonds. The van der Waals surface area contributed by atoms with Crippen molar-refractivity contribution in [2.75, 3.05) is 5.32 Å². The third kappa shape index (κ3) is 4.18. The Morgan fingerprint density at radius 3 is 2.43 bits per heavy atom. The third-order valence-electron chi connectivity index (χ3n) is 3.54. The number of hydrogen-bond acceptors (Lipinski definition) is 1. The Morgan fingerprint density at radius 2 is 1.81 bits per heavy atom. The summed E-state index contributed by atoms with van der Waals surface area (Å²) in [5.74, 6) is 0.0387. The standard InChI is InChI=1S/C18H20BrNO/c1-13-11-15(19)9-10-16(13)20-17(21)18(2,3)12-14-7-5-4-6-8-14/h4-11H,12H2,1-3H3,(H,20,21). The fourth-order valence-electron chi connectivity index (χ4n) is 2.25. The lowest BCUT2D eigenvalue weighted by molar-refractivity contribution is -0.123. The van der Waals surface area contributed by atoms with Crippen molar-refractivity contribution in [3.05, 3.63) is 64.1 Å². The van der Waals surface area contributed by atoms with Gasteiger partial charge in [0.1, 0.15) is 0 Å². The average molecular weight is 346 g/mol. The van der Waals surface area contributed by atoms with Crippen LogP contribution in [0.2, 0.25) is 0 Å². The second-order valence-corrected chi connectivity index (χ2v) is 6.88. The monoisotopic (exact) mass is 345 g/mol. The molecule has 0 aliphatic heterocycles. The number of hydrogen-bond donors (Lipinski definition) is 1. The van der Waals surface area contributed by atoms with Crippen LogP contribution in [-0.2, 0) is 11.2 Å². The lowest BCUT2D eigenvalue weighted by atomic mass is 9.84. The van der Waals surface area contributed by atoms with Gasteiger partial charge in [-0.25, -0.2) is 0 Å². The van der Waals surface area contributed by atoms with E-state index in [4.69, 9.17) is 0 Å². The van der Waals surface area contributed by atoms with Crippen molar-refractivity contribution in [2.45, 2.75) is 27.2 Å². The molecule has 110 valence electrons. The molecular formula is C18H20BrNO. The zero-order valence-corrected chi connectivity index (χ0v) is 14.2. The first-order valence-corrected chi connectivity index (χ1v) is 7.79. The molecule has 0 aromatic heterocycles. The number of carbonyl (C=O) groups is 1. The molecule has 0 unspecified atom stereocenters. The highest BCUT2D eigenvalue weighted by molar-refractivity contribution is 9.10. The van der Waals surface area contributed by atoms with Crippen molar-refractivity contribution in [1.82, 2.24) is 0 Å². The highest BCUT2D eigenvalue weighted by Crippen LogP contribution is 2.26. The van der Waals surface area contributed by atoms with Crippen molar-refractivity contribution in [3.63, 3.8) is 0 Å². The zero-order valence-electron chi connectivity index (χ0n) is 12.6. The lowest BCUT2D eigenvalue weighted by Crippen LogP contribution is -2.33. The Bertz CT molecular complexity index is 635. The SMILES string of the molecule is Cc1cc(Br)ccc1NC(=O)C(C)(C)Cc1ccccc1. The van der Waals surface area contributed by atoms with E-state index in [0.717, 1.165) is 22.1 Å². The van der Waals surface area contributed by atoms with Gasteiger partial charge in [-0.3, -0.25) is 4.79 Å². The van der Waals surface area contributed by atoms with Gasteiger partial charge in [0.05, 0.1) is 0 Å². The van der Waals surface area contributed by atoms with Crippen LogP contribution in [0.1, 0.15) is 25.0 Å². The van der Waals surface area contributed by atoms with E-state index in [2.05, 4.69) is 33.4 Å². The van der Waals surface area contributed by atoms with Gasteiger partial charge in [-0.15, -0.1) is 0 Å². The topological polar surface area (TPSA) is 29.1 Å². The van der Waals surface area contributed by atoms with Crippen LogP contribution in [-0.4, -0.2) is 5.91 Å². The lowest BCUT2D eigenvalue weighted by Gasteiger charge is -2.24. The molecular weight excluding hydrogens is 326 g/mol. The number of benzene rings is 2. The number of amides is 1. The summed E-state index contributed by atoms with van der Waals surface area (Å²) in [6, 6.07) is 16.0. The average Bonchev–Trinajstić information content (AvgIpc) is 2.42. The van der Waals surface area contributed by atoms with Gasteiger partial charge in [0.25, 0.3) is 0 Å². The maximum absolute atomic E-state index is 12.6. The molecule has 0 bridgehead atoms. The summed E-state index contributed by atoms with van der Waals surface area (Å²) < 4.78 is 1.02. The van der Waals surface area contributed by atoms with Gasteiger partial charge >= 0.3 is 0 Å². The second-order valence-electron chi connectivity index (χ2n) is 5.96. The van der Waals surface area contributed by atoms with Gasteiger partial charge in [0, 0.05) is 15.6 Å². The minimum Gasteiger partial charge on any atom is -0.325 e. The summed E-state index contributed by atoms with van der Waals surface area (Å²) >= 11 is 3.43. The van der Waals surface area contributed by atoms with Crippen molar-refractivity contribution in [1.29, 1.82) is 0 Å². The van der Waals surface area contributed by atoms with Gasteiger partial charge in [0.15, 0.2) is 0 Å². The molecule has 0 atom stereocenters. The maximum atomic E-state index is 12.6. The normalized spacial score (nSPS) is 11.2. The smallest absolute Gasteiger partial charge is 0.230 e. The van der Waals surface area contributed by atoms with Gasteiger partial charge < -0.3 is 5.32 Å². The Morgan fingerprint density at radius 1 is 1.14 bits per heavy atom. The van der Waals surface area contributed by atoms with Crippen LogP contribution in [0, 0.1) is 12.3 Å². The van der Waals surface area contributed by atoms with Crippen LogP contribution in [0.25, 0.3) is 0 Å². The molecule has 2 nitrogen and oxygen atoms in total. The quantitative estimate of drug-likeness (QED) is 0.832. The summed E-state index contributed by atoms with van der Waals surface area (Å²) in [4.78, 5) is 12.6. The van der Waals surface area contributed by atoms with Crippen molar-refractivity contribution in [2.24, 2.45) is 5.41 Å². The molecule has 2 rings (SSSR count). The predicted octanol–water partition coefficient (Wildman–Crippen LogP) is 4.96. The summed E-state index contributed by atoms with van der Waals surface area (Å²) in [6.45, 7) is 5.94. The van der Waals surface area contributed by atoms with Crippen LogP contribution in [0.3, 0.4) is 0 Å². The summed E-state index contributed by atoms with van der Waals surface area (Å²) in [5.41, 5.74) is 2.63. The second kappa shape index (κ2) is 6.44. The Kier molecular flexibility index (Phi) is 4.84. The highest BCUT2D eigenvalue weighted by Gasteiger charge is 2.28. The van der Waals surface area contributed by atoms with E-state index in [9.17, 15) is 4.79 Å². The summed E-state index contributed by atoms with van der Waals surface area (Å²) in [5, 5.41) is 3.04. The molecule has 0 spiro atoms. The molecule has 0 fully saturated rings. The molecule has 0 saturated heterocycles. The molecule has 0 radical (unpaired) electrons. The van der Waals surface area contributed by atoms with E-state index >= 15 is 0 Å². The van der Waals surface area contributed by atoms with Crippen LogP contribution >= 0.6 is 15.9 Å². The Balaban J connectivity index is 2.11. The zero-order chi connectivity index (χ0) is 15.5. The first kappa shape index (κ1) is 15.8. The molecule has 1 N–H and O–H groups in total. The van der Waals surface area contributed by atoms with Gasteiger partial charge in [-0.2, -0.15) is 0 Å². The van der Waals surface area contributed by atoms with Crippen LogP contribution in [0.5, 0.6) is 0 Å². The van der Waals surface area contributed by atoms with Crippen molar-refractivity contribution < 1.29 is 4.79 Å². The van der Waals surface area contributed by atoms with Crippen molar-refractivity contribution in [3.8, 4) is 0 Å². The number of nitrogens with one attached hydrogen (secondary N) is 1. The largest absolute Gasteiger partial charge is 0.325 e.